The molecular weight excluding hydrogens is 408 g/mol. The second-order valence-corrected chi connectivity index (χ2v) is 14.6. The lowest BCUT2D eigenvalue weighted by Gasteiger charge is -2.70. The third-order valence-electron chi connectivity index (χ3n) is 13.2. The first-order valence-corrected chi connectivity index (χ1v) is 13.9. The Kier molecular flexibility index (Phi) is 5.15. The highest BCUT2D eigenvalue weighted by molar-refractivity contribution is 5.81. The van der Waals surface area contributed by atoms with Crippen molar-refractivity contribution in [3.63, 3.8) is 0 Å². The van der Waals surface area contributed by atoms with Gasteiger partial charge < -0.3 is 10.2 Å². The van der Waals surface area contributed by atoms with Gasteiger partial charge in [-0.3, -0.25) is 4.79 Å². The van der Waals surface area contributed by atoms with Crippen LogP contribution in [0.5, 0.6) is 0 Å². The summed E-state index contributed by atoms with van der Waals surface area (Å²) < 4.78 is 0. The molecule has 0 unspecified atom stereocenters. The van der Waals surface area contributed by atoms with Crippen molar-refractivity contribution in [3.8, 4) is 0 Å². The molecule has 4 fully saturated rings. The summed E-state index contributed by atoms with van der Waals surface area (Å²) >= 11 is 0. The van der Waals surface area contributed by atoms with Crippen LogP contribution in [0.2, 0.25) is 0 Å². The van der Waals surface area contributed by atoms with E-state index in [2.05, 4.69) is 54.5 Å². The maximum absolute atomic E-state index is 13.5. The number of aliphatic hydroxyl groups excluding tert-OH is 1. The van der Waals surface area contributed by atoms with Gasteiger partial charge in [-0.15, -0.1) is 0 Å². The van der Waals surface area contributed by atoms with Crippen molar-refractivity contribution in [1.29, 1.82) is 0 Å². The molecule has 0 amide bonds. The number of allylic oxidation sites excluding steroid dienone is 1. The number of rotatable bonds is 1. The number of hydrogen-bond donors (Lipinski definition) is 2. The fourth-order valence-electron chi connectivity index (χ4n) is 11.0. The molecule has 0 bridgehead atoms. The molecule has 0 aromatic carbocycles. The van der Waals surface area contributed by atoms with Crippen molar-refractivity contribution < 1.29 is 15.0 Å². The molecule has 0 saturated heterocycles. The van der Waals surface area contributed by atoms with Crippen LogP contribution in [0.25, 0.3) is 0 Å². The van der Waals surface area contributed by atoms with E-state index in [1.165, 1.54) is 18.4 Å². The molecule has 4 saturated carbocycles. The fourth-order valence-corrected chi connectivity index (χ4v) is 11.0. The van der Waals surface area contributed by atoms with E-state index in [4.69, 9.17) is 0 Å². The Bertz CT molecular complexity index is 874. The van der Waals surface area contributed by atoms with E-state index < -0.39 is 11.4 Å². The number of hydrogen-bond acceptors (Lipinski definition) is 2. The van der Waals surface area contributed by atoms with Gasteiger partial charge in [0.2, 0.25) is 0 Å². The molecule has 186 valence electrons. The van der Waals surface area contributed by atoms with Crippen LogP contribution in [0.3, 0.4) is 0 Å². The van der Waals surface area contributed by atoms with Crippen molar-refractivity contribution in [1.82, 2.24) is 0 Å². The number of aliphatic carboxylic acids is 1. The summed E-state index contributed by atoms with van der Waals surface area (Å²) in [5.74, 6) is 1.88. The SMILES string of the molecule is C[C@H]1[C@H](C)CC[C@]2(C)CC[C@]3(C(=O)O)C(=CC[C@@H]4[C@@]5(C)CC[C@H](O)C(C)(C)[C@@H]5CC[C@]43C)[C@H]12. The maximum atomic E-state index is 13.5. The highest BCUT2D eigenvalue weighted by atomic mass is 16.4. The van der Waals surface area contributed by atoms with E-state index in [-0.39, 0.29) is 27.8 Å². The second-order valence-electron chi connectivity index (χ2n) is 14.6. The van der Waals surface area contributed by atoms with Crippen LogP contribution >= 0.6 is 0 Å². The molecule has 3 heteroatoms. The third-order valence-corrected chi connectivity index (χ3v) is 13.2. The van der Waals surface area contributed by atoms with Crippen molar-refractivity contribution in [2.75, 3.05) is 0 Å². The van der Waals surface area contributed by atoms with E-state index in [0.717, 1.165) is 44.9 Å². The molecule has 3 nitrogen and oxygen atoms in total. The summed E-state index contributed by atoms with van der Waals surface area (Å²) in [5.41, 5.74) is 0.615. The van der Waals surface area contributed by atoms with Crippen LogP contribution < -0.4 is 0 Å². The van der Waals surface area contributed by atoms with Crippen LogP contribution in [-0.4, -0.2) is 22.3 Å². The lowest BCUT2D eigenvalue weighted by molar-refractivity contribution is -0.214. The molecule has 0 aromatic heterocycles. The van der Waals surface area contributed by atoms with Crippen molar-refractivity contribution in [3.05, 3.63) is 11.6 Å². The van der Waals surface area contributed by atoms with Gasteiger partial charge in [0, 0.05) is 0 Å². The molecule has 0 radical (unpaired) electrons. The molecule has 0 aromatic rings. The second kappa shape index (κ2) is 7.11. The minimum absolute atomic E-state index is 0.0897. The van der Waals surface area contributed by atoms with E-state index in [1.54, 1.807) is 0 Å². The normalized spacial score (nSPS) is 55.3. The van der Waals surface area contributed by atoms with Crippen LogP contribution in [0.1, 0.15) is 106 Å². The van der Waals surface area contributed by atoms with Crippen LogP contribution in [0.15, 0.2) is 11.6 Å². The maximum Gasteiger partial charge on any atom is 0.314 e. The van der Waals surface area contributed by atoms with Crippen LogP contribution in [0, 0.1) is 56.7 Å². The van der Waals surface area contributed by atoms with Crippen LogP contribution in [0.4, 0.5) is 0 Å². The summed E-state index contributed by atoms with van der Waals surface area (Å²) in [7, 11) is 0. The molecule has 5 aliphatic rings. The number of carboxylic acids is 1. The number of carbonyl (C=O) groups is 1. The Morgan fingerprint density at radius 1 is 0.909 bits per heavy atom. The van der Waals surface area contributed by atoms with Gasteiger partial charge >= 0.3 is 5.97 Å². The topological polar surface area (TPSA) is 57.5 Å². The van der Waals surface area contributed by atoms with Gasteiger partial charge in [0.15, 0.2) is 0 Å². The molecule has 33 heavy (non-hydrogen) atoms. The van der Waals surface area contributed by atoms with E-state index in [1.807, 2.05) is 0 Å². The third kappa shape index (κ3) is 2.75. The monoisotopic (exact) mass is 456 g/mol. The summed E-state index contributed by atoms with van der Waals surface area (Å²) in [6, 6.07) is 0. The Hall–Kier alpha value is -0.830. The van der Waals surface area contributed by atoms with Crippen molar-refractivity contribution in [2.24, 2.45) is 56.7 Å². The quantitative estimate of drug-likeness (QED) is 0.414. The predicted octanol–water partition coefficient (Wildman–Crippen LogP) is 7.09. The van der Waals surface area contributed by atoms with Gasteiger partial charge in [-0.2, -0.15) is 0 Å². The van der Waals surface area contributed by atoms with Gasteiger partial charge in [-0.05, 0) is 109 Å². The summed E-state index contributed by atoms with van der Waals surface area (Å²) in [6.07, 6.45) is 11.5. The lowest BCUT2D eigenvalue weighted by atomic mass is 9.33. The number of fused-ring (bicyclic) bond motifs is 7. The zero-order valence-electron chi connectivity index (χ0n) is 22.2. The van der Waals surface area contributed by atoms with Gasteiger partial charge in [0.05, 0.1) is 11.5 Å². The van der Waals surface area contributed by atoms with Gasteiger partial charge in [-0.1, -0.05) is 60.1 Å². The molecular formula is C30H48O3. The molecule has 5 aliphatic carbocycles. The largest absolute Gasteiger partial charge is 0.481 e. The fraction of sp³-hybridized carbons (Fsp3) is 0.900. The average molecular weight is 457 g/mol. The zero-order valence-corrected chi connectivity index (χ0v) is 22.2. The first kappa shape index (κ1) is 23.9. The Morgan fingerprint density at radius 3 is 2.27 bits per heavy atom. The van der Waals surface area contributed by atoms with Gasteiger partial charge in [-0.25, -0.2) is 0 Å². The molecule has 0 spiro atoms. The Morgan fingerprint density at radius 2 is 1.61 bits per heavy atom. The number of carboxylic acid groups (broad SMARTS) is 1. The predicted molar refractivity (Wildman–Crippen MR) is 133 cm³/mol. The minimum atomic E-state index is -0.723. The average Bonchev–Trinajstić information content (AvgIpc) is 2.73. The Balaban J connectivity index is 1.66. The first-order chi connectivity index (χ1) is 15.3. The zero-order chi connectivity index (χ0) is 24.2. The summed E-state index contributed by atoms with van der Waals surface area (Å²) in [4.78, 5) is 13.5. The van der Waals surface area contributed by atoms with E-state index in [0.29, 0.717) is 29.6 Å². The standard InChI is InChI=1S/C30H48O3/c1-18-10-13-27(5)16-17-30(25(32)33)20(24(27)19(18)2)8-9-22-28(6)14-12-23(31)26(3,4)21(28)11-15-29(22,30)7/h8,18-19,21-24,31H,9-17H2,1-7H3,(H,32,33)/t18-,19+,21+,22-,23+,24+,27-,28+,29-,30-/m1/s1. The smallest absolute Gasteiger partial charge is 0.314 e. The van der Waals surface area contributed by atoms with Gasteiger partial charge in [0.1, 0.15) is 0 Å². The molecule has 0 aliphatic heterocycles. The van der Waals surface area contributed by atoms with Crippen LogP contribution in [-0.2, 0) is 4.79 Å². The minimum Gasteiger partial charge on any atom is -0.481 e. The highest BCUT2D eigenvalue weighted by Gasteiger charge is 2.71. The van der Waals surface area contributed by atoms with Gasteiger partial charge in [0.25, 0.3) is 0 Å². The molecule has 0 heterocycles. The Labute approximate surface area is 201 Å². The van der Waals surface area contributed by atoms with Crippen molar-refractivity contribution >= 4 is 5.97 Å². The van der Waals surface area contributed by atoms with Crippen molar-refractivity contribution in [2.45, 2.75) is 112 Å². The van der Waals surface area contributed by atoms with E-state index >= 15 is 0 Å². The molecule has 2 N–H and O–H groups in total. The first-order valence-electron chi connectivity index (χ1n) is 13.9. The molecule has 5 rings (SSSR count). The van der Waals surface area contributed by atoms with E-state index in [9.17, 15) is 15.0 Å². The lowest BCUT2D eigenvalue weighted by Crippen LogP contribution is -2.67. The summed E-state index contributed by atoms with van der Waals surface area (Å²) in [6.45, 7) is 16.6. The summed E-state index contributed by atoms with van der Waals surface area (Å²) in [5, 5.41) is 22.0. The number of aliphatic hydroxyl groups is 1. The highest BCUT2D eigenvalue weighted by Crippen LogP contribution is 2.75. The molecule has 10 atom stereocenters.